The molecule has 14 nitrogen and oxygen atoms in total. The Balaban J connectivity index is 1.14. The van der Waals surface area contributed by atoms with Crippen LogP contribution in [0.5, 0.6) is 34.5 Å². The molecular weight excluding hydrogens is 648 g/mol. The van der Waals surface area contributed by atoms with Gasteiger partial charge in [-0.15, -0.1) is 0 Å². The van der Waals surface area contributed by atoms with E-state index in [1.807, 2.05) is 0 Å². The molecule has 1 fully saturated rings. The molecule has 2 amide bonds. The van der Waals surface area contributed by atoms with Gasteiger partial charge in [-0.05, 0) is 72.8 Å². The van der Waals surface area contributed by atoms with E-state index in [1.54, 1.807) is 99.1 Å². The van der Waals surface area contributed by atoms with Crippen molar-refractivity contribution < 1.29 is 47.5 Å². The molecule has 0 saturated carbocycles. The van der Waals surface area contributed by atoms with Crippen molar-refractivity contribution in [2.75, 3.05) is 41.7 Å². The number of carbonyl (C=O) groups is 2. The van der Waals surface area contributed by atoms with Crippen molar-refractivity contribution in [1.82, 2.24) is 10.9 Å². The average molecular weight is 685 g/mol. The van der Waals surface area contributed by atoms with Crippen molar-refractivity contribution in [3.63, 3.8) is 0 Å². The molecule has 50 heavy (non-hydrogen) atoms. The summed E-state index contributed by atoms with van der Waals surface area (Å²) in [5.74, 6) is 2.10. The van der Waals surface area contributed by atoms with E-state index in [0.717, 1.165) is 0 Å². The molecule has 1 heterocycles. The van der Waals surface area contributed by atoms with Crippen molar-refractivity contribution in [2.45, 2.75) is 12.6 Å². The monoisotopic (exact) mass is 684 g/mol. The third kappa shape index (κ3) is 8.86. The van der Waals surface area contributed by atoms with Crippen molar-refractivity contribution in [2.24, 2.45) is 10.2 Å². The van der Waals surface area contributed by atoms with Crippen LogP contribution in [0, 0.1) is 0 Å². The van der Waals surface area contributed by atoms with Crippen LogP contribution < -0.4 is 39.3 Å². The summed E-state index contributed by atoms with van der Waals surface area (Å²) >= 11 is 0. The molecule has 4 aromatic carbocycles. The van der Waals surface area contributed by atoms with E-state index < -0.39 is 24.4 Å². The van der Waals surface area contributed by atoms with Crippen LogP contribution in [0.15, 0.2) is 95.1 Å². The molecule has 0 bridgehead atoms. The molecule has 260 valence electrons. The number of hydrogen-bond donors (Lipinski definition) is 2. The van der Waals surface area contributed by atoms with Gasteiger partial charge in [-0.1, -0.05) is 12.1 Å². The zero-order chi connectivity index (χ0) is 35.3. The minimum absolute atomic E-state index is 0.294. The smallest absolute Gasteiger partial charge is 0.271 e. The molecule has 1 saturated heterocycles. The highest BCUT2D eigenvalue weighted by atomic mass is 16.8. The number of nitrogens with one attached hydrogen (secondary N) is 2. The fourth-order valence-corrected chi connectivity index (χ4v) is 4.78. The molecule has 1 aliphatic heterocycles. The normalized spacial score (nSPS) is 15.7. The van der Waals surface area contributed by atoms with Gasteiger partial charge >= 0.3 is 0 Å². The second-order valence-electron chi connectivity index (χ2n) is 10.3. The van der Waals surface area contributed by atoms with Crippen LogP contribution in [-0.2, 0) is 9.47 Å². The Labute approximate surface area is 288 Å². The van der Waals surface area contributed by atoms with Gasteiger partial charge in [0.15, 0.2) is 23.0 Å². The lowest BCUT2D eigenvalue weighted by Gasteiger charge is -2.31. The number of rotatable bonds is 14. The van der Waals surface area contributed by atoms with Gasteiger partial charge in [0, 0.05) is 22.3 Å². The first-order valence-electron chi connectivity index (χ1n) is 15.3. The lowest BCUT2D eigenvalue weighted by molar-refractivity contribution is -0.271. The molecule has 0 aliphatic carbocycles. The number of amides is 2. The van der Waals surface area contributed by atoms with Gasteiger partial charge in [-0.2, -0.15) is 10.2 Å². The van der Waals surface area contributed by atoms with E-state index in [9.17, 15) is 9.59 Å². The van der Waals surface area contributed by atoms with Crippen molar-refractivity contribution >= 4 is 24.2 Å². The second-order valence-corrected chi connectivity index (χ2v) is 10.3. The average Bonchev–Trinajstić information content (AvgIpc) is 3.15. The van der Waals surface area contributed by atoms with Gasteiger partial charge in [-0.25, -0.2) is 10.9 Å². The first-order valence-corrected chi connectivity index (χ1v) is 15.3. The van der Waals surface area contributed by atoms with Crippen molar-refractivity contribution in [3.8, 4) is 34.5 Å². The van der Waals surface area contributed by atoms with Gasteiger partial charge < -0.3 is 37.9 Å². The molecule has 4 aromatic rings. The highest BCUT2D eigenvalue weighted by Crippen LogP contribution is 2.30. The molecule has 0 unspecified atom stereocenters. The molecular formula is C36H36N4O10. The maximum Gasteiger partial charge on any atom is 0.271 e. The van der Waals surface area contributed by atoms with E-state index in [0.29, 0.717) is 70.0 Å². The first-order chi connectivity index (χ1) is 24.4. The molecule has 2 N–H and O–H groups in total. The Kier molecular flexibility index (Phi) is 12.2. The quantitative estimate of drug-likeness (QED) is 0.144. The number of para-hydroxylation sites is 2. The van der Waals surface area contributed by atoms with Crippen molar-refractivity contribution in [3.05, 3.63) is 107 Å². The zero-order valence-electron chi connectivity index (χ0n) is 27.8. The minimum atomic E-state index is -0.906. The lowest BCUT2D eigenvalue weighted by atomic mass is 10.2. The van der Waals surface area contributed by atoms with Gasteiger partial charge in [0.1, 0.15) is 11.5 Å². The fraction of sp³-hybridized carbons (Fsp3) is 0.222. The largest absolute Gasteiger partial charge is 0.493 e. The Morgan fingerprint density at radius 2 is 1.00 bits per heavy atom. The maximum absolute atomic E-state index is 12.7. The summed E-state index contributed by atoms with van der Waals surface area (Å²) in [6, 6.07) is 23.5. The van der Waals surface area contributed by atoms with E-state index in [1.165, 1.54) is 26.6 Å². The fourth-order valence-electron chi connectivity index (χ4n) is 4.78. The number of ether oxygens (including phenoxy) is 8. The van der Waals surface area contributed by atoms with Crippen LogP contribution in [0.3, 0.4) is 0 Å². The number of benzene rings is 4. The summed E-state index contributed by atoms with van der Waals surface area (Å²) in [5.41, 5.74) is 6.98. The number of carbonyl (C=O) groups excluding carboxylic acids is 2. The number of methoxy groups -OCH3 is 4. The second kappa shape index (κ2) is 17.3. The standard InChI is InChI=1S/C36H36N4O10/c1-43-29-9-5-7-25(31(29)45-3)21-37-39-33(41)23-11-15-27(16-12-23)49-35-36(48-20-19-47-35)50-28-17-13-24(14-18-28)34(42)40-38-22-26-8-6-10-30(44-2)32(26)46-4/h5-18,21-22,35-36H,19-20H2,1-4H3,(H,39,41)(H,40,42)/b37-21-,38-22-/t35-,36-/m1/s1. The highest BCUT2D eigenvalue weighted by molar-refractivity contribution is 5.96. The number of hydrazone groups is 2. The molecule has 5 rings (SSSR count). The highest BCUT2D eigenvalue weighted by Gasteiger charge is 2.31. The Bertz CT molecular complexity index is 1680. The summed E-state index contributed by atoms with van der Waals surface area (Å²) < 4.78 is 44.8. The summed E-state index contributed by atoms with van der Waals surface area (Å²) in [6.45, 7) is 0.588. The number of hydrogen-bond acceptors (Lipinski definition) is 12. The van der Waals surface area contributed by atoms with Gasteiger partial charge in [-0.3, -0.25) is 9.59 Å². The summed E-state index contributed by atoms with van der Waals surface area (Å²) in [4.78, 5) is 25.3. The SMILES string of the molecule is COc1cccc(/C=N\NC(=O)c2ccc(O[C@H]3OCCO[C@@H]3Oc3ccc(C(=O)N/N=C\c4cccc(OC)c4OC)cc3)cc2)c1OC. The van der Waals surface area contributed by atoms with Crippen LogP contribution in [-0.4, -0.2) is 78.5 Å². The minimum Gasteiger partial charge on any atom is -0.493 e. The van der Waals surface area contributed by atoms with Gasteiger partial charge in [0.25, 0.3) is 24.4 Å². The van der Waals surface area contributed by atoms with Crippen LogP contribution >= 0.6 is 0 Å². The summed E-state index contributed by atoms with van der Waals surface area (Å²) in [7, 11) is 6.13. The third-order valence-electron chi connectivity index (χ3n) is 7.21. The van der Waals surface area contributed by atoms with E-state index in [2.05, 4.69) is 21.1 Å². The third-order valence-corrected chi connectivity index (χ3v) is 7.21. The molecule has 1 aliphatic rings. The maximum atomic E-state index is 12.7. The molecule has 0 aromatic heterocycles. The van der Waals surface area contributed by atoms with Crippen LogP contribution in [0.2, 0.25) is 0 Å². The van der Waals surface area contributed by atoms with Crippen molar-refractivity contribution in [1.29, 1.82) is 0 Å². The van der Waals surface area contributed by atoms with Crippen LogP contribution in [0.1, 0.15) is 31.8 Å². The predicted molar refractivity (Wildman–Crippen MR) is 183 cm³/mol. The van der Waals surface area contributed by atoms with E-state index >= 15 is 0 Å². The van der Waals surface area contributed by atoms with Crippen LogP contribution in [0.4, 0.5) is 0 Å². The summed E-state index contributed by atoms with van der Waals surface area (Å²) in [6.07, 6.45) is 1.13. The predicted octanol–water partition coefficient (Wildman–Crippen LogP) is 4.41. The van der Waals surface area contributed by atoms with E-state index in [4.69, 9.17) is 37.9 Å². The van der Waals surface area contributed by atoms with E-state index in [-0.39, 0.29) is 0 Å². The van der Waals surface area contributed by atoms with Gasteiger partial charge in [0.05, 0.1) is 54.1 Å². The van der Waals surface area contributed by atoms with Crippen LogP contribution in [0.25, 0.3) is 0 Å². The molecule has 14 heteroatoms. The molecule has 0 spiro atoms. The summed E-state index contributed by atoms with van der Waals surface area (Å²) in [5, 5.41) is 8.08. The topological polar surface area (TPSA) is 157 Å². The Morgan fingerprint density at radius 1 is 0.600 bits per heavy atom. The first kappa shape index (κ1) is 35.2. The Hall–Kier alpha value is -6.12. The molecule has 0 radical (unpaired) electrons. The Morgan fingerprint density at radius 3 is 1.36 bits per heavy atom. The number of nitrogens with zero attached hydrogens (tertiary/aromatic N) is 2. The molecule has 2 atom stereocenters. The zero-order valence-corrected chi connectivity index (χ0v) is 27.8. The lowest BCUT2D eigenvalue weighted by Crippen LogP contribution is -2.45. The van der Waals surface area contributed by atoms with Gasteiger partial charge in [0.2, 0.25) is 0 Å².